The molecule has 14 nitrogen and oxygen atoms in total. The smallest absolute Gasteiger partial charge is 0.272 e. The van der Waals surface area contributed by atoms with Crippen LogP contribution in [0.4, 0.5) is 17.1 Å². The molecule has 0 radical (unpaired) electrons. The first-order valence-electron chi connectivity index (χ1n) is 15.7. The lowest BCUT2D eigenvalue weighted by atomic mass is 9.97. The largest absolute Gasteiger partial charge is 0.388 e. The number of carbonyl (C=O) groups excluding carboxylic acids is 4. The molecule has 0 spiro atoms. The molecule has 0 aliphatic rings. The van der Waals surface area contributed by atoms with Gasteiger partial charge in [-0.1, -0.05) is 6.92 Å². The summed E-state index contributed by atoms with van der Waals surface area (Å²) in [5.41, 5.74) is 14.3. The van der Waals surface area contributed by atoms with E-state index in [9.17, 15) is 19.2 Å². The lowest BCUT2D eigenvalue weighted by Crippen LogP contribution is -2.44. The van der Waals surface area contributed by atoms with Crippen molar-refractivity contribution >= 4 is 58.1 Å². The van der Waals surface area contributed by atoms with Gasteiger partial charge in [-0.3, -0.25) is 24.6 Å². The van der Waals surface area contributed by atoms with E-state index in [1.54, 1.807) is 59.5 Å². The molecule has 3 aromatic heterocycles. The third-order valence-corrected chi connectivity index (χ3v) is 8.21. The second kappa shape index (κ2) is 15.7. The maximum atomic E-state index is 13.7. The summed E-state index contributed by atoms with van der Waals surface area (Å²) >= 11 is 5.95. The van der Waals surface area contributed by atoms with Gasteiger partial charge >= 0.3 is 0 Å². The summed E-state index contributed by atoms with van der Waals surface area (Å²) in [6, 6.07) is 8.43. The Kier molecular flexibility index (Phi) is 11.7. The molecule has 7 N–H and O–H groups in total. The number of hydrazine groups is 1. The number of nitrogens with one attached hydrogen (secondary N) is 5. The quantitative estimate of drug-likeness (QED) is 0.0506. The van der Waals surface area contributed by atoms with Crippen LogP contribution in [0.1, 0.15) is 71.9 Å². The monoisotopic (exact) mass is 690 g/mol. The van der Waals surface area contributed by atoms with E-state index < -0.39 is 11.8 Å². The number of amides is 4. The number of benzene rings is 1. The Hall–Kier alpha value is -5.34. The Morgan fingerprint density at radius 1 is 0.796 bits per heavy atom. The number of alkyl halides is 1. The molecule has 0 bridgehead atoms. The molecule has 3 heterocycles. The van der Waals surface area contributed by atoms with E-state index in [1.807, 2.05) is 26.0 Å². The van der Waals surface area contributed by atoms with Crippen LogP contribution in [0.3, 0.4) is 0 Å². The maximum absolute atomic E-state index is 13.7. The normalized spacial score (nSPS) is 10.9. The van der Waals surface area contributed by atoms with Gasteiger partial charge in [0.25, 0.3) is 23.6 Å². The maximum Gasteiger partial charge on any atom is 0.272 e. The van der Waals surface area contributed by atoms with Crippen molar-refractivity contribution in [2.24, 2.45) is 26.9 Å². The molecule has 260 valence electrons. The van der Waals surface area contributed by atoms with E-state index in [0.717, 1.165) is 17.5 Å². The molecule has 0 saturated heterocycles. The van der Waals surface area contributed by atoms with Gasteiger partial charge in [0.15, 0.2) is 0 Å². The van der Waals surface area contributed by atoms with Crippen LogP contribution in [0.25, 0.3) is 0 Å². The summed E-state index contributed by atoms with van der Waals surface area (Å²) in [5, 5.41) is 17.0. The molecule has 49 heavy (non-hydrogen) atoms. The third kappa shape index (κ3) is 8.58. The minimum absolute atomic E-state index is 0.0282. The van der Waals surface area contributed by atoms with Gasteiger partial charge in [-0.15, -0.1) is 11.6 Å². The summed E-state index contributed by atoms with van der Waals surface area (Å²) in [7, 11) is 5.05. The van der Waals surface area contributed by atoms with Crippen molar-refractivity contribution in [1.82, 2.24) is 24.4 Å². The van der Waals surface area contributed by atoms with Crippen LogP contribution >= 0.6 is 11.6 Å². The standard InChI is InChI=1S/C34H43ClN10O4/c1-7-26-20(2)12-22(13-21(26)3)34(49)45(39-11-9-35)25-16-29(44(6)19-25)33(48)41-24-15-28(43(5)18-24)32(47)40-23-14-27(42(4)17-23)31(46)38-10-8-30(36)37/h12-19,39H,7-11H2,1-6H3,(H3,36,37)(H,38,46)(H,40,47)(H,41,48). The zero-order valence-corrected chi connectivity index (χ0v) is 29.3. The highest BCUT2D eigenvalue weighted by atomic mass is 35.5. The fraction of sp³-hybridized carbons (Fsp3) is 0.324. The Labute approximate surface area is 290 Å². The third-order valence-electron chi connectivity index (χ3n) is 8.02. The van der Waals surface area contributed by atoms with Crippen LogP contribution < -0.4 is 32.1 Å². The number of nitrogens with two attached hydrogens (primary N) is 1. The van der Waals surface area contributed by atoms with E-state index in [2.05, 4.69) is 28.3 Å². The van der Waals surface area contributed by atoms with Crippen molar-refractivity contribution in [2.75, 3.05) is 34.6 Å². The molecular weight excluding hydrogens is 648 g/mol. The predicted molar refractivity (Wildman–Crippen MR) is 192 cm³/mol. The Morgan fingerprint density at radius 2 is 1.31 bits per heavy atom. The van der Waals surface area contributed by atoms with E-state index in [1.165, 1.54) is 22.7 Å². The Bertz CT molecular complexity index is 1880. The Balaban J connectivity index is 1.48. The summed E-state index contributed by atoms with van der Waals surface area (Å²) in [6.45, 7) is 6.60. The Morgan fingerprint density at radius 3 is 1.82 bits per heavy atom. The fourth-order valence-corrected chi connectivity index (χ4v) is 5.73. The van der Waals surface area contributed by atoms with Gasteiger partial charge in [-0.2, -0.15) is 0 Å². The summed E-state index contributed by atoms with van der Waals surface area (Å²) in [6.07, 6.45) is 5.99. The van der Waals surface area contributed by atoms with Gasteiger partial charge in [-0.25, -0.2) is 10.4 Å². The SMILES string of the molecule is CCc1c(C)cc(C(=O)N(NCCCl)c2cc(C(=O)Nc3cc(C(=O)Nc4cc(C(=O)NCCC(=N)N)n(C)c4)n(C)c3)n(C)c2)cc1C. The van der Waals surface area contributed by atoms with Crippen molar-refractivity contribution in [2.45, 2.75) is 33.6 Å². The summed E-state index contributed by atoms with van der Waals surface area (Å²) < 4.78 is 4.77. The van der Waals surface area contributed by atoms with Gasteiger partial charge in [0, 0.05) is 70.7 Å². The van der Waals surface area contributed by atoms with Crippen molar-refractivity contribution in [1.29, 1.82) is 5.41 Å². The summed E-state index contributed by atoms with van der Waals surface area (Å²) in [5.74, 6) is -1.30. The highest BCUT2D eigenvalue weighted by molar-refractivity contribution is 6.18. The van der Waals surface area contributed by atoms with E-state index in [-0.39, 0.29) is 47.9 Å². The number of carbonyl (C=O) groups is 4. The first kappa shape index (κ1) is 36.5. The number of hydrogen-bond donors (Lipinski definition) is 6. The second-order valence-electron chi connectivity index (χ2n) is 11.8. The molecule has 0 unspecified atom stereocenters. The van der Waals surface area contributed by atoms with Gasteiger partial charge in [0.1, 0.15) is 17.1 Å². The van der Waals surface area contributed by atoms with E-state index in [0.29, 0.717) is 34.9 Å². The molecule has 15 heteroatoms. The first-order valence-corrected chi connectivity index (χ1v) is 16.2. The molecule has 0 atom stereocenters. The van der Waals surface area contributed by atoms with Crippen molar-refractivity contribution in [3.8, 4) is 0 Å². The predicted octanol–water partition coefficient (Wildman–Crippen LogP) is 3.83. The lowest BCUT2D eigenvalue weighted by Gasteiger charge is -2.23. The van der Waals surface area contributed by atoms with Gasteiger partial charge < -0.3 is 35.4 Å². The molecule has 4 aromatic rings. The average molecular weight is 691 g/mol. The number of hydrogen-bond acceptors (Lipinski definition) is 6. The fourth-order valence-electron chi connectivity index (χ4n) is 5.64. The van der Waals surface area contributed by atoms with E-state index in [4.69, 9.17) is 22.7 Å². The van der Waals surface area contributed by atoms with Crippen LogP contribution in [-0.4, -0.2) is 62.1 Å². The van der Waals surface area contributed by atoms with Crippen molar-refractivity contribution < 1.29 is 19.2 Å². The van der Waals surface area contributed by atoms with Crippen LogP contribution in [0, 0.1) is 19.3 Å². The van der Waals surface area contributed by atoms with Gasteiger partial charge in [-0.05, 0) is 67.3 Å². The first-order chi connectivity index (χ1) is 23.2. The zero-order valence-electron chi connectivity index (χ0n) is 28.5. The number of aromatic nitrogens is 3. The molecule has 0 aliphatic heterocycles. The lowest BCUT2D eigenvalue weighted by molar-refractivity contribution is 0.0943. The van der Waals surface area contributed by atoms with Crippen LogP contribution in [0.2, 0.25) is 0 Å². The number of aryl methyl sites for hydroxylation is 5. The van der Waals surface area contributed by atoms with Crippen molar-refractivity contribution in [3.63, 3.8) is 0 Å². The molecule has 1 aromatic carbocycles. The molecule has 4 rings (SSSR count). The topological polar surface area (TPSA) is 184 Å². The average Bonchev–Trinajstić information content (AvgIpc) is 3.72. The number of nitrogens with zero attached hydrogens (tertiary/aromatic N) is 4. The van der Waals surface area contributed by atoms with Crippen molar-refractivity contribution in [3.05, 3.63) is 88.3 Å². The van der Waals surface area contributed by atoms with Crippen LogP contribution in [0.15, 0.2) is 48.9 Å². The molecule has 4 amide bonds. The highest BCUT2D eigenvalue weighted by Crippen LogP contribution is 2.24. The zero-order chi connectivity index (χ0) is 36.0. The molecular formula is C34H43ClN10O4. The van der Waals surface area contributed by atoms with E-state index >= 15 is 0 Å². The number of amidine groups is 1. The number of anilines is 3. The highest BCUT2D eigenvalue weighted by Gasteiger charge is 2.24. The second-order valence-corrected chi connectivity index (χ2v) is 12.1. The van der Waals surface area contributed by atoms with Gasteiger partial charge in [0.2, 0.25) is 0 Å². The van der Waals surface area contributed by atoms with Crippen LogP contribution in [-0.2, 0) is 27.6 Å². The summed E-state index contributed by atoms with van der Waals surface area (Å²) in [4.78, 5) is 52.8. The molecule has 0 fully saturated rings. The van der Waals surface area contributed by atoms with Crippen LogP contribution in [0.5, 0.6) is 0 Å². The molecule has 0 aliphatic carbocycles. The molecule has 0 saturated carbocycles. The number of rotatable bonds is 14. The minimum Gasteiger partial charge on any atom is -0.388 e. The number of halogens is 1. The minimum atomic E-state index is -0.449. The van der Waals surface area contributed by atoms with Gasteiger partial charge in [0.05, 0.1) is 22.9 Å².